The van der Waals surface area contributed by atoms with Gasteiger partial charge in [0.25, 0.3) is 10.0 Å². The zero-order valence-electron chi connectivity index (χ0n) is 15.8. The van der Waals surface area contributed by atoms with Gasteiger partial charge in [-0.1, -0.05) is 60.7 Å². The number of aromatic nitrogens is 1. The van der Waals surface area contributed by atoms with Gasteiger partial charge in [0.15, 0.2) is 0 Å². The van der Waals surface area contributed by atoms with E-state index in [0.717, 1.165) is 22.1 Å². The molecule has 0 aliphatic heterocycles. The third-order valence-corrected chi connectivity index (χ3v) is 6.48. The van der Waals surface area contributed by atoms with Gasteiger partial charge in [-0.2, -0.15) is 0 Å². The molecule has 0 atom stereocenters. The molecule has 5 nitrogen and oxygen atoms in total. The number of rotatable bonds is 5. The van der Waals surface area contributed by atoms with Crippen molar-refractivity contribution in [1.29, 1.82) is 0 Å². The monoisotopic (exact) mass is 405 g/mol. The van der Waals surface area contributed by atoms with Gasteiger partial charge >= 0.3 is 5.97 Å². The fourth-order valence-corrected chi connectivity index (χ4v) is 4.76. The van der Waals surface area contributed by atoms with E-state index in [4.69, 9.17) is 4.74 Å². The molecule has 0 bridgehead atoms. The van der Waals surface area contributed by atoms with E-state index in [1.54, 1.807) is 42.6 Å². The average molecular weight is 405 g/mol. The lowest BCUT2D eigenvalue weighted by Crippen LogP contribution is -2.11. The zero-order chi connectivity index (χ0) is 20.4. The number of benzene rings is 3. The summed E-state index contributed by atoms with van der Waals surface area (Å²) in [7, 11) is -2.39. The van der Waals surface area contributed by atoms with Gasteiger partial charge in [0, 0.05) is 17.1 Å². The number of esters is 1. The maximum Gasteiger partial charge on any atom is 0.309 e. The molecule has 0 radical (unpaired) electrons. The van der Waals surface area contributed by atoms with Crippen LogP contribution < -0.4 is 0 Å². The van der Waals surface area contributed by atoms with Crippen molar-refractivity contribution >= 4 is 26.9 Å². The summed E-state index contributed by atoms with van der Waals surface area (Å²) in [5, 5.41) is 0.822. The van der Waals surface area contributed by atoms with E-state index >= 15 is 0 Å². The number of hydrogen-bond donors (Lipinski definition) is 0. The fourth-order valence-electron chi connectivity index (χ4n) is 3.37. The Kier molecular flexibility index (Phi) is 4.94. The Morgan fingerprint density at radius 2 is 1.66 bits per heavy atom. The number of carbonyl (C=O) groups is 1. The van der Waals surface area contributed by atoms with Crippen LogP contribution in [0.25, 0.3) is 22.0 Å². The molecule has 0 fully saturated rings. The van der Waals surface area contributed by atoms with Gasteiger partial charge in [0.2, 0.25) is 0 Å². The molecular formula is C23H19NO4S. The topological polar surface area (TPSA) is 65.4 Å². The molecule has 3 aromatic carbocycles. The summed E-state index contributed by atoms with van der Waals surface area (Å²) in [5.74, 6) is -0.323. The van der Waals surface area contributed by atoms with Crippen molar-refractivity contribution in [3.63, 3.8) is 0 Å². The van der Waals surface area contributed by atoms with Crippen molar-refractivity contribution in [3.8, 4) is 11.1 Å². The lowest BCUT2D eigenvalue weighted by molar-refractivity contribution is -0.139. The normalized spacial score (nSPS) is 11.5. The van der Waals surface area contributed by atoms with E-state index in [9.17, 15) is 13.2 Å². The summed E-state index contributed by atoms with van der Waals surface area (Å²) < 4.78 is 32.6. The van der Waals surface area contributed by atoms with E-state index in [1.165, 1.54) is 11.1 Å². The summed E-state index contributed by atoms with van der Waals surface area (Å²) in [4.78, 5) is 11.9. The first-order valence-corrected chi connectivity index (χ1v) is 10.5. The van der Waals surface area contributed by atoms with Crippen LogP contribution in [0.2, 0.25) is 0 Å². The molecule has 146 valence electrons. The number of carbonyl (C=O) groups excluding carboxylic acids is 1. The van der Waals surface area contributed by atoms with Crippen LogP contribution in [0.5, 0.6) is 0 Å². The van der Waals surface area contributed by atoms with Crippen molar-refractivity contribution in [2.75, 3.05) is 7.11 Å². The Morgan fingerprint density at radius 1 is 0.931 bits per heavy atom. The average Bonchev–Trinajstić information content (AvgIpc) is 3.15. The molecule has 4 rings (SSSR count). The van der Waals surface area contributed by atoms with Gasteiger partial charge in [-0.3, -0.25) is 4.79 Å². The van der Waals surface area contributed by atoms with Crippen LogP contribution in [0.1, 0.15) is 5.56 Å². The first kappa shape index (κ1) is 19.0. The molecule has 0 saturated heterocycles. The molecule has 1 aromatic heterocycles. The van der Waals surface area contributed by atoms with Crippen LogP contribution >= 0.6 is 0 Å². The Bertz CT molecular complexity index is 1290. The molecule has 0 unspecified atom stereocenters. The number of methoxy groups -OCH3 is 1. The Labute approximate surface area is 169 Å². The maximum atomic E-state index is 13.2. The summed E-state index contributed by atoms with van der Waals surface area (Å²) in [5.41, 5.74) is 3.03. The second-order valence-corrected chi connectivity index (χ2v) is 8.44. The third kappa shape index (κ3) is 3.54. The summed E-state index contributed by atoms with van der Waals surface area (Å²) >= 11 is 0. The number of hydrogen-bond acceptors (Lipinski definition) is 4. The molecule has 29 heavy (non-hydrogen) atoms. The van der Waals surface area contributed by atoms with E-state index in [-0.39, 0.29) is 17.3 Å². The van der Waals surface area contributed by atoms with E-state index < -0.39 is 10.0 Å². The number of nitrogens with zero attached hydrogens (tertiary/aromatic N) is 1. The molecule has 4 aromatic rings. The van der Waals surface area contributed by atoms with Gasteiger partial charge in [0.05, 0.1) is 23.9 Å². The third-order valence-electron chi connectivity index (χ3n) is 4.79. The van der Waals surface area contributed by atoms with Crippen molar-refractivity contribution in [3.05, 3.63) is 90.6 Å². The molecule has 6 heteroatoms. The standard InChI is InChI=1S/C23H19NO4S/c1-28-23(25)15-17-8-7-9-18(14-17)21-16-24(22-13-6-5-12-20(21)22)29(26,27)19-10-3-2-4-11-19/h2-14,16H,15H2,1H3. The van der Waals surface area contributed by atoms with Crippen molar-refractivity contribution < 1.29 is 17.9 Å². The predicted molar refractivity (Wildman–Crippen MR) is 112 cm³/mol. The molecule has 0 aliphatic carbocycles. The minimum absolute atomic E-state index is 0.158. The summed E-state index contributed by atoms with van der Waals surface area (Å²) in [6, 6.07) is 23.2. The fraction of sp³-hybridized carbons (Fsp3) is 0.0870. The molecule has 1 heterocycles. The predicted octanol–water partition coefficient (Wildman–Crippen LogP) is 4.26. The van der Waals surface area contributed by atoms with E-state index in [0.29, 0.717) is 5.52 Å². The van der Waals surface area contributed by atoms with Gasteiger partial charge in [-0.25, -0.2) is 12.4 Å². The zero-order valence-corrected chi connectivity index (χ0v) is 16.6. The lowest BCUT2D eigenvalue weighted by Gasteiger charge is -2.07. The smallest absolute Gasteiger partial charge is 0.309 e. The van der Waals surface area contributed by atoms with Crippen LogP contribution in [0.15, 0.2) is 90.0 Å². The van der Waals surface area contributed by atoms with Crippen molar-refractivity contribution in [2.24, 2.45) is 0 Å². The molecule has 0 amide bonds. The highest BCUT2D eigenvalue weighted by atomic mass is 32.2. The molecular weight excluding hydrogens is 386 g/mol. The number of fused-ring (bicyclic) bond motifs is 1. The SMILES string of the molecule is COC(=O)Cc1cccc(-c2cn(S(=O)(=O)c3ccccc3)c3ccccc23)c1. The van der Waals surface area contributed by atoms with Crippen LogP contribution in [0.3, 0.4) is 0 Å². The molecule has 0 spiro atoms. The second kappa shape index (κ2) is 7.56. The van der Waals surface area contributed by atoms with Gasteiger partial charge in [0.1, 0.15) is 0 Å². The molecule has 0 saturated carbocycles. The van der Waals surface area contributed by atoms with Gasteiger partial charge in [-0.05, 0) is 29.3 Å². The quantitative estimate of drug-likeness (QED) is 0.465. The minimum atomic E-state index is -3.74. The van der Waals surface area contributed by atoms with Crippen molar-refractivity contribution in [1.82, 2.24) is 3.97 Å². The molecule has 0 N–H and O–H groups in total. The first-order chi connectivity index (χ1) is 14.0. The highest BCUT2D eigenvalue weighted by molar-refractivity contribution is 7.90. The first-order valence-electron chi connectivity index (χ1n) is 9.07. The van der Waals surface area contributed by atoms with Crippen molar-refractivity contribution in [2.45, 2.75) is 11.3 Å². The van der Waals surface area contributed by atoms with E-state index in [2.05, 4.69) is 0 Å². The maximum absolute atomic E-state index is 13.2. The van der Waals surface area contributed by atoms with E-state index in [1.807, 2.05) is 42.5 Å². The number of ether oxygens (including phenoxy) is 1. The van der Waals surface area contributed by atoms with Gasteiger partial charge in [-0.15, -0.1) is 0 Å². The minimum Gasteiger partial charge on any atom is -0.469 e. The summed E-state index contributed by atoms with van der Waals surface area (Å²) in [6.07, 6.45) is 1.80. The van der Waals surface area contributed by atoms with Crippen LogP contribution in [-0.4, -0.2) is 25.5 Å². The van der Waals surface area contributed by atoms with Crippen LogP contribution in [0, 0.1) is 0 Å². The lowest BCUT2D eigenvalue weighted by atomic mass is 10.0. The Hall–Kier alpha value is -3.38. The second-order valence-electron chi connectivity index (χ2n) is 6.63. The van der Waals surface area contributed by atoms with Crippen LogP contribution in [-0.2, 0) is 26.0 Å². The summed E-state index contributed by atoms with van der Waals surface area (Å²) in [6.45, 7) is 0. The highest BCUT2D eigenvalue weighted by Gasteiger charge is 2.21. The largest absolute Gasteiger partial charge is 0.469 e. The number of para-hydroxylation sites is 1. The Morgan fingerprint density at radius 3 is 2.41 bits per heavy atom. The highest BCUT2D eigenvalue weighted by Crippen LogP contribution is 2.33. The Balaban J connectivity index is 1.88. The van der Waals surface area contributed by atoms with Crippen LogP contribution in [0.4, 0.5) is 0 Å². The molecule has 0 aliphatic rings. The van der Waals surface area contributed by atoms with Gasteiger partial charge < -0.3 is 4.74 Å².